The normalized spacial score (nSPS) is 25.4. The van der Waals surface area contributed by atoms with Gasteiger partial charge in [-0.05, 0) is 18.8 Å². The van der Waals surface area contributed by atoms with Crippen LogP contribution in [0.25, 0.3) is 0 Å². The molecule has 2 aliphatic rings. The Hall–Kier alpha value is -0.910. The quantitative estimate of drug-likeness (QED) is 0.835. The molecule has 3 rings (SSSR count). The Labute approximate surface area is 120 Å². The lowest BCUT2D eigenvalue weighted by Gasteiger charge is -2.30. The van der Waals surface area contributed by atoms with Gasteiger partial charge in [-0.25, -0.2) is 4.98 Å². The molecule has 1 aromatic rings. The van der Waals surface area contributed by atoms with Gasteiger partial charge in [-0.2, -0.15) is 0 Å². The van der Waals surface area contributed by atoms with E-state index in [0.29, 0.717) is 5.92 Å². The summed E-state index contributed by atoms with van der Waals surface area (Å²) in [6, 6.07) is 0. The number of hydrogen-bond acceptors (Lipinski definition) is 4. The predicted octanol–water partition coefficient (Wildman–Crippen LogP) is 1.39. The molecular weight excluding hydrogens is 254 g/mol. The van der Waals surface area contributed by atoms with Gasteiger partial charge in [0.05, 0.1) is 13.2 Å². The third-order valence-corrected chi connectivity index (χ3v) is 4.40. The molecular formula is C15H25N3O2. The van der Waals surface area contributed by atoms with Crippen LogP contribution in [0.1, 0.15) is 18.7 Å². The van der Waals surface area contributed by atoms with Crippen molar-refractivity contribution in [1.82, 2.24) is 14.5 Å². The molecule has 0 unspecified atom stereocenters. The maximum Gasteiger partial charge on any atom is 0.122 e. The van der Waals surface area contributed by atoms with Crippen molar-refractivity contribution in [2.45, 2.75) is 25.9 Å². The number of hydrogen-bond donors (Lipinski definition) is 0. The third kappa shape index (κ3) is 3.40. The summed E-state index contributed by atoms with van der Waals surface area (Å²) in [4.78, 5) is 7.07. The number of rotatable bonds is 4. The molecule has 0 amide bonds. The van der Waals surface area contributed by atoms with Crippen molar-refractivity contribution < 1.29 is 9.47 Å². The highest BCUT2D eigenvalue weighted by molar-refractivity contribution is 4.96. The van der Waals surface area contributed by atoms with Crippen molar-refractivity contribution in [1.29, 1.82) is 0 Å². The minimum absolute atomic E-state index is 0.551. The molecule has 1 atom stereocenters. The summed E-state index contributed by atoms with van der Waals surface area (Å²) in [5.74, 6) is 2.51. The molecule has 2 aliphatic heterocycles. The van der Waals surface area contributed by atoms with Crippen LogP contribution in [0.3, 0.4) is 0 Å². The zero-order valence-corrected chi connectivity index (χ0v) is 12.3. The lowest BCUT2D eigenvalue weighted by Crippen LogP contribution is -2.35. The Morgan fingerprint density at radius 1 is 1.30 bits per heavy atom. The minimum atomic E-state index is 0.551. The highest BCUT2D eigenvalue weighted by Gasteiger charge is 2.25. The average molecular weight is 279 g/mol. The van der Waals surface area contributed by atoms with Crippen LogP contribution in [0.5, 0.6) is 0 Å². The van der Waals surface area contributed by atoms with E-state index in [1.807, 2.05) is 6.20 Å². The summed E-state index contributed by atoms with van der Waals surface area (Å²) >= 11 is 0. The molecule has 0 spiro atoms. The molecule has 1 aromatic heterocycles. The van der Waals surface area contributed by atoms with Crippen LogP contribution < -0.4 is 0 Å². The average Bonchev–Trinajstić information content (AvgIpc) is 2.81. The summed E-state index contributed by atoms with van der Waals surface area (Å²) < 4.78 is 13.1. The standard InChI is InChI=1S/C15H25N3O2/c1-19-12-14-9-17(8-13-2-6-20-7-3-13)11-15-16-4-5-18(15)10-14/h4-5,13-14H,2-3,6-12H2,1H3/t14-/m1/s1. The molecule has 5 nitrogen and oxygen atoms in total. The Morgan fingerprint density at radius 3 is 2.95 bits per heavy atom. The highest BCUT2D eigenvalue weighted by atomic mass is 16.5. The Kier molecular flexibility index (Phi) is 4.70. The van der Waals surface area contributed by atoms with Crippen molar-refractivity contribution in [3.63, 3.8) is 0 Å². The van der Waals surface area contributed by atoms with Gasteiger partial charge in [0, 0.05) is 58.3 Å². The van der Waals surface area contributed by atoms with E-state index in [9.17, 15) is 0 Å². The Balaban J connectivity index is 1.66. The molecule has 112 valence electrons. The molecule has 5 heteroatoms. The van der Waals surface area contributed by atoms with Crippen molar-refractivity contribution in [2.75, 3.05) is 40.0 Å². The van der Waals surface area contributed by atoms with Gasteiger partial charge in [-0.15, -0.1) is 0 Å². The number of imidazole rings is 1. The van der Waals surface area contributed by atoms with Crippen LogP contribution in [0, 0.1) is 11.8 Å². The maximum atomic E-state index is 5.46. The van der Waals surface area contributed by atoms with Crippen LogP contribution in [-0.2, 0) is 22.6 Å². The second kappa shape index (κ2) is 6.70. The fourth-order valence-electron chi connectivity index (χ4n) is 3.40. The van der Waals surface area contributed by atoms with Crippen LogP contribution in [0.15, 0.2) is 12.4 Å². The van der Waals surface area contributed by atoms with Gasteiger partial charge in [-0.3, -0.25) is 4.90 Å². The van der Waals surface area contributed by atoms with Crippen LogP contribution >= 0.6 is 0 Å². The second-order valence-corrected chi connectivity index (χ2v) is 6.07. The van der Waals surface area contributed by atoms with E-state index in [-0.39, 0.29) is 0 Å². The van der Waals surface area contributed by atoms with Crippen LogP contribution in [0.4, 0.5) is 0 Å². The van der Waals surface area contributed by atoms with Crippen LogP contribution in [-0.4, -0.2) is 54.5 Å². The number of ether oxygens (including phenoxy) is 2. The molecule has 1 fully saturated rings. The summed E-state index contributed by atoms with van der Waals surface area (Å²) in [6.45, 7) is 6.92. The van der Waals surface area contributed by atoms with Gasteiger partial charge < -0.3 is 14.0 Å². The first-order valence-corrected chi connectivity index (χ1v) is 7.64. The first-order chi connectivity index (χ1) is 9.85. The van der Waals surface area contributed by atoms with Gasteiger partial charge in [-0.1, -0.05) is 0 Å². The van der Waals surface area contributed by atoms with Crippen molar-refractivity contribution in [2.24, 2.45) is 11.8 Å². The summed E-state index contributed by atoms with van der Waals surface area (Å²) in [5, 5.41) is 0. The Morgan fingerprint density at radius 2 is 2.15 bits per heavy atom. The molecule has 0 bridgehead atoms. The lowest BCUT2D eigenvalue weighted by molar-refractivity contribution is 0.0455. The zero-order valence-electron chi connectivity index (χ0n) is 12.3. The second-order valence-electron chi connectivity index (χ2n) is 6.07. The fraction of sp³-hybridized carbons (Fsp3) is 0.800. The maximum absolute atomic E-state index is 5.46. The molecule has 0 N–H and O–H groups in total. The van der Waals surface area contributed by atoms with Gasteiger partial charge in [0.1, 0.15) is 5.82 Å². The predicted molar refractivity (Wildman–Crippen MR) is 76.4 cm³/mol. The zero-order chi connectivity index (χ0) is 13.8. The third-order valence-electron chi connectivity index (χ3n) is 4.40. The highest BCUT2D eigenvalue weighted by Crippen LogP contribution is 2.21. The molecule has 1 saturated heterocycles. The molecule has 20 heavy (non-hydrogen) atoms. The number of methoxy groups -OCH3 is 1. The monoisotopic (exact) mass is 279 g/mol. The van der Waals surface area contributed by atoms with E-state index in [1.165, 1.54) is 18.7 Å². The number of fused-ring (bicyclic) bond motifs is 1. The molecule has 0 aliphatic carbocycles. The first kappa shape index (κ1) is 14.0. The molecule has 3 heterocycles. The topological polar surface area (TPSA) is 39.5 Å². The SMILES string of the molecule is COC[C@@H]1CN(CC2CCOCC2)Cc2nccn2C1. The van der Waals surface area contributed by atoms with Gasteiger partial charge in [0.25, 0.3) is 0 Å². The first-order valence-electron chi connectivity index (χ1n) is 7.64. The lowest BCUT2D eigenvalue weighted by atomic mass is 9.99. The fourth-order valence-corrected chi connectivity index (χ4v) is 3.40. The van der Waals surface area contributed by atoms with E-state index >= 15 is 0 Å². The summed E-state index contributed by atoms with van der Waals surface area (Å²) in [5.41, 5.74) is 0. The van der Waals surface area contributed by atoms with Crippen molar-refractivity contribution in [3.05, 3.63) is 18.2 Å². The molecule has 0 saturated carbocycles. The molecule has 0 aromatic carbocycles. The molecule has 0 radical (unpaired) electrons. The van der Waals surface area contributed by atoms with Gasteiger partial charge in [0.2, 0.25) is 0 Å². The van der Waals surface area contributed by atoms with E-state index < -0.39 is 0 Å². The van der Waals surface area contributed by atoms with Gasteiger partial charge in [0.15, 0.2) is 0 Å². The van der Waals surface area contributed by atoms with Crippen molar-refractivity contribution in [3.8, 4) is 0 Å². The number of nitrogens with zero attached hydrogens (tertiary/aromatic N) is 3. The van der Waals surface area contributed by atoms with E-state index in [2.05, 4.69) is 20.6 Å². The summed E-state index contributed by atoms with van der Waals surface area (Å²) in [7, 11) is 1.79. The minimum Gasteiger partial charge on any atom is -0.384 e. The van der Waals surface area contributed by atoms with Gasteiger partial charge >= 0.3 is 0 Å². The summed E-state index contributed by atoms with van der Waals surface area (Å²) in [6.07, 6.45) is 6.40. The van der Waals surface area contributed by atoms with E-state index in [1.54, 1.807) is 7.11 Å². The smallest absolute Gasteiger partial charge is 0.122 e. The van der Waals surface area contributed by atoms with E-state index in [4.69, 9.17) is 9.47 Å². The van der Waals surface area contributed by atoms with Crippen molar-refractivity contribution >= 4 is 0 Å². The Bertz CT molecular complexity index is 415. The largest absolute Gasteiger partial charge is 0.384 e. The van der Waals surface area contributed by atoms with Crippen LogP contribution in [0.2, 0.25) is 0 Å². The number of aromatic nitrogens is 2. The van der Waals surface area contributed by atoms with E-state index in [0.717, 1.165) is 51.9 Å².